The Morgan fingerprint density at radius 1 is 1.33 bits per heavy atom. The van der Waals surface area contributed by atoms with Crippen LogP contribution >= 0.6 is 15.9 Å². The van der Waals surface area contributed by atoms with Crippen molar-refractivity contribution in [1.82, 2.24) is 10.2 Å². The van der Waals surface area contributed by atoms with Gasteiger partial charge in [0.25, 0.3) is 0 Å². The molecule has 0 amide bonds. The minimum absolute atomic E-state index is 0.260. The molecule has 1 heterocycles. The summed E-state index contributed by atoms with van der Waals surface area (Å²) in [5.41, 5.74) is 2.88. The molecule has 0 aliphatic heterocycles. The summed E-state index contributed by atoms with van der Waals surface area (Å²) in [5, 5.41) is 3.71. The van der Waals surface area contributed by atoms with E-state index < -0.39 is 0 Å². The molecule has 0 saturated heterocycles. The third-order valence-corrected chi connectivity index (χ3v) is 5.01. The Morgan fingerprint density at radius 3 is 2.90 bits per heavy atom. The molecule has 3 rings (SSSR count). The number of nitrogens with zero attached hydrogens (tertiary/aromatic N) is 1. The first-order chi connectivity index (χ1) is 10.2. The van der Waals surface area contributed by atoms with Crippen LogP contribution in [-0.4, -0.2) is 25.5 Å². The van der Waals surface area contributed by atoms with E-state index in [0.29, 0.717) is 6.04 Å². The van der Waals surface area contributed by atoms with Crippen molar-refractivity contribution in [2.75, 3.05) is 20.6 Å². The van der Waals surface area contributed by atoms with Crippen molar-refractivity contribution in [2.45, 2.75) is 24.9 Å². The van der Waals surface area contributed by atoms with Gasteiger partial charge in [0.05, 0.1) is 12.3 Å². The quantitative estimate of drug-likeness (QED) is 0.887. The van der Waals surface area contributed by atoms with E-state index in [1.807, 2.05) is 12.1 Å². The molecular formula is C17H21BrN2O. The molecule has 1 aromatic carbocycles. The summed E-state index contributed by atoms with van der Waals surface area (Å²) in [5.74, 6) is 1.01. The molecule has 1 aliphatic carbocycles. The number of furan rings is 1. The van der Waals surface area contributed by atoms with E-state index in [-0.39, 0.29) is 6.04 Å². The first kappa shape index (κ1) is 14.8. The van der Waals surface area contributed by atoms with Gasteiger partial charge in [-0.2, -0.15) is 0 Å². The average molecular weight is 349 g/mol. The minimum Gasteiger partial charge on any atom is -0.468 e. The van der Waals surface area contributed by atoms with E-state index in [1.54, 1.807) is 6.26 Å². The normalized spacial score (nSPS) is 19.0. The predicted octanol–water partition coefficient (Wildman–Crippen LogP) is 3.92. The van der Waals surface area contributed by atoms with Crippen LogP contribution in [0.4, 0.5) is 0 Å². The third-order valence-electron chi connectivity index (χ3n) is 4.27. The molecule has 3 nitrogen and oxygen atoms in total. The highest BCUT2D eigenvalue weighted by atomic mass is 79.9. The van der Waals surface area contributed by atoms with Gasteiger partial charge >= 0.3 is 0 Å². The number of halogens is 1. The third kappa shape index (κ3) is 3.07. The molecule has 0 saturated carbocycles. The van der Waals surface area contributed by atoms with Crippen molar-refractivity contribution in [1.29, 1.82) is 0 Å². The first-order valence-electron chi connectivity index (χ1n) is 7.37. The minimum atomic E-state index is 0.260. The second-order valence-electron chi connectivity index (χ2n) is 5.80. The summed E-state index contributed by atoms with van der Waals surface area (Å²) in [7, 11) is 4.18. The lowest BCUT2D eigenvalue weighted by Crippen LogP contribution is -2.32. The molecule has 0 spiro atoms. The van der Waals surface area contributed by atoms with Crippen molar-refractivity contribution in [3.8, 4) is 0 Å². The second kappa shape index (κ2) is 6.34. The number of hydrogen-bond acceptors (Lipinski definition) is 3. The Balaban J connectivity index is 1.70. The summed E-state index contributed by atoms with van der Waals surface area (Å²) in [6.07, 6.45) is 4.05. The van der Waals surface area contributed by atoms with Gasteiger partial charge in [-0.05, 0) is 56.3 Å². The zero-order valence-electron chi connectivity index (χ0n) is 12.5. The lowest BCUT2D eigenvalue weighted by atomic mass is 10.1. The van der Waals surface area contributed by atoms with Crippen LogP contribution in [0.25, 0.3) is 0 Å². The first-order valence-corrected chi connectivity index (χ1v) is 8.16. The van der Waals surface area contributed by atoms with Crippen molar-refractivity contribution in [3.63, 3.8) is 0 Å². The van der Waals surface area contributed by atoms with Crippen LogP contribution in [0.1, 0.15) is 35.4 Å². The van der Waals surface area contributed by atoms with Crippen LogP contribution in [0.5, 0.6) is 0 Å². The van der Waals surface area contributed by atoms with Crippen molar-refractivity contribution in [3.05, 3.63) is 58.0 Å². The Kier molecular flexibility index (Phi) is 4.48. The van der Waals surface area contributed by atoms with Crippen LogP contribution in [0, 0.1) is 0 Å². The van der Waals surface area contributed by atoms with Gasteiger partial charge in [-0.3, -0.25) is 4.90 Å². The summed E-state index contributed by atoms with van der Waals surface area (Å²) in [6.45, 7) is 0.886. The van der Waals surface area contributed by atoms with Gasteiger partial charge in [-0.15, -0.1) is 0 Å². The Morgan fingerprint density at radius 2 is 2.19 bits per heavy atom. The molecule has 1 aromatic heterocycles. The van der Waals surface area contributed by atoms with Crippen LogP contribution in [0.15, 0.2) is 45.5 Å². The van der Waals surface area contributed by atoms with E-state index >= 15 is 0 Å². The molecule has 2 aromatic rings. The lowest BCUT2D eigenvalue weighted by Gasteiger charge is -2.25. The van der Waals surface area contributed by atoms with Gasteiger partial charge in [-0.25, -0.2) is 0 Å². The fourth-order valence-corrected chi connectivity index (χ4v) is 3.67. The van der Waals surface area contributed by atoms with E-state index in [0.717, 1.165) is 25.1 Å². The molecule has 112 valence electrons. The Hall–Kier alpha value is -1.10. The fourth-order valence-electron chi connectivity index (χ4n) is 3.09. The highest BCUT2D eigenvalue weighted by Crippen LogP contribution is 2.35. The van der Waals surface area contributed by atoms with Gasteiger partial charge < -0.3 is 9.73 Å². The molecule has 0 fully saturated rings. The van der Waals surface area contributed by atoms with Gasteiger partial charge in [-0.1, -0.05) is 28.1 Å². The van der Waals surface area contributed by atoms with E-state index in [4.69, 9.17) is 4.42 Å². The molecule has 1 aliphatic rings. The Bertz CT molecular complexity index is 595. The zero-order valence-corrected chi connectivity index (χ0v) is 14.1. The van der Waals surface area contributed by atoms with Crippen LogP contribution in [0.3, 0.4) is 0 Å². The fraction of sp³-hybridized carbons (Fsp3) is 0.412. The van der Waals surface area contributed by atoms with Crippen LogP contribution in [0.2, 0.25) is 0 Å². The van der Waals surface area contributed by atoms with Crippen LogP contribution < -0.4 is 5.32 Å². The maximum absolute atomic E-state index is 5.57. The summed E-state index contributed by atoms with van der Waals surface area (Å²) in [4.78, 5) is 2.20. The standard InChI is InChI=1S/C17H21BrN2O/c1-20(2)16(17-7-4-10-21-17)11-19-15-9-8-12-13(15)5-3-6-14(12)18/h3-7,10,15-16,19H,8-9,11H2,1-2H3. The predicted molar refractivity (Wildman–Crippen MR) is 88.3 cm³/mol. The number of hydrogen-bond donors (Lipinski definition) is 1. The molecule has 1 N–H and O–H groups in total. The van der Waals surface area contributed by atoms with Gasteiger partial charge in [0.1, 0.15) is 5.76 Å². The second-order valence-corrected chi connectivity index (χ2v) is 6.66. The highest BCUT2D eigenvalue weighted by molar-refractivity contribution is 9.10. The monoisotopic (exact) mass is 348 g/mol. The maximum Gasteiger partial charge on any atom is 0.122 e. The number of likely N-dealkylation sites (N-methyl/N-ethyl adjacent to an activating group) is 1. The van der Waals surface area contributed by atoms with Crippen LogP contribution in [-0.2, 0) is 6.42 Å². The maximum atomic E-state index is 5.57. The lowest BCUT2D eigenvalue weighted by molar-refractivity contribution is 0.243. The van der Waals surface area contributed by atoms with Crippen molar-refractivity contribution in [2.24, 2.45) is 0 Å². The molecule has 2 unspecified atom stereocenters. The number of nitrogens with one attached hydrogen (secondary N) is 1. The average Bonchev–Trinajstić information content (AvgIpc) is 3.09. The molecule has 4 heteroatoms. The topological polar surface area (TPSA) is 28.4 Å². The van der Waals surface area contributed by atoms with Gasteiger partial charge in [0.2, 0.25) is 0 Å². The van der Waals surface area contributed by atoms with E-state index in [2.05, 4.69) is 58.4 Å². The van der Waals surface area contributed by atoms with Crippen molar-refractivity contribution >= 4 is 15.9 Å². The molecular weight excluding hydrogens is 328 g/mol. The van der Waals surface area contributed by atoms with Gasteiger partial charge in [0, 0.05) is 17.1 Å². The number of fused-ring (bicyclic) bond motifs is 1. The number of rotatable bonds is 5. The molecule has 21 heavy (non-hydrogen) atoms. The zero-order chi connectivity index (χ0) is 14.8. The summed E-state index contributed by atoms with van der Waals surface area (Å²) >= 11 is 3.66. The SMILES string of the molecule is CN(C)C(CNC1CCc2c(Br)cccc21)c1ccco1. The van der Waals surface area contributed by atoms with Crippen molar-refractivity contribution < 1.29 is 4.42 Å². The smallest absolute Gasteiger partial charge is 0.122 e. The summed E-state index contributed by atoms with van der Waals surface area (Å²) in [6, 6.07) is 11.2. The molecule has 0 bridgehead atoms. The van der Waals surface area contributed by atoms with E-state index in [9.17, 15) is 0 Å². The molecule has 0 radical (unpaired) electrons. The molecule has 2 atom stereocenters. The highest BCUT2D eigenvalue weighted by Gasteiger charge is 2.25. The Labute approximate surface area is 134 Å². The largest absolute Gasteiger partial charge is 0.468 e. The number of benzene rings is 1. The van der Waals surface area contributed by atoms with Gasteiger partial charge in [0.15, 0.2) is 0 Å². The van der Waals surface area contributed by atoms with E-state index in [1.165, 1.54) is 15.6 Å². The summed E-state index contributed by atoms with van der Waals surface area (Å²) < 4.78 is 6.81.